The van der Waals surface area contributed by atoms with Crippen molar-refractivity contribution < 1.29 is 9.13 Å². The van der Waals surface area contributed by atoms with Gasteiger partial charge in [0, 0.05) is 6.04 Å². The van der Waals surface area contributed by atoms with Gasteiger partial charge >= 0.3 is 0 Å². The first-order chi connectivity index (χ1) is 7.70. The van der Waals surface area contributed by atoms with E-state index >= 15 is 0 Å². The molecule has 1 atom stereocenters. The molecular formula is C13H18FNO. The number of hydrogen-bond donors (Lipinski definition) is 1. The van der Waals surface area contributed by atoms with Crippen molar-refractivity contribution in [2.75, 3.05) is 13.7 Å². The van der Waals surface area contributed by atoms with Crippen LogP contribution in [-0.2, 0) is 0 Å². The molecule has 0 aliphatic heterocycles. The van der Waals surface area contributed by atoms with Gasteiger partial charge < -0.3 is 10.1 Å². The van der Waals surface area contributed by atoms with E-state index in [1.54, 1.807) is 12.1 Å². The van der Waals surface area contributed by atoms with Gasteiger partial charge in [-0.2, -0.15) is 0 Å². The Kier molecular flexibility index (Phi) is 3.44. The predicted octanol–water partition coefficient (Wildman–Crippen LogP) is 2.89. The number of nitrogens with one attached hydrogen (secondary N) is 1. The van der Waals surface area contributed by atoms with Gasteiger partial charge in [0.25, 0.3) is 0 Å². The van der Waals surface area contributed by atoms with Crippen LogP contribution >= 0.6 is 0 Å². The summed E-state index contributed by atoms with van der Waals surface area (Å²) in [6, 6.07) is 5.27. The SMILES string of the molecule is CN[C@H](C)c1ccc(F)c(OCC2CC2)c1. The van der Waals surface area contributed by atoms with E-state index in [0.717, 1.165) is 5.56 Å². The van der Waals surface area contributed by atoms with Crippen LogP contribution in [0.15, 0.2) is 18.2 Å². The zero-order valence-electron chi connectivity index (χ0n) is 9.79. The Morgan fingerprint density at radius 1 is 1.50 bits per heavy atom. The highest BCUT2D eigenvalue weighted by molar-refractivity contribution is 5.32. The lowest BCUT2D eigenvalue weighted by molar-refractivity contribution is 0.285. The summed E-state index contributed by atoms with van der Waals surface area (Å²) >= 11 is 0. The van der Waals surface area contributed by atoms with Gasteiger partial charge in [-0.05, 0) is 50.4 Å². The average molecular weight is 223 g/mol. The Bertz CT molecular complexity index is 363. The molecule has 3 heteroatoms. The predicted molar refractivity (Wildman–Crippen MR) is 62.1 cm³/mol. The molecule has 0 aromatic heterocycles. The van der Waals surface area contributed by atoms with Crippen LogP contribution in [0.3, 0.4) is 0 Å². The fraction of sp³-hybridized carbons (Fsp3) is 0.538. The van der Waals surface area contributed by atoms with Crippen molar-refractivity contribution in [2.24, 2.45) is 5.92 Å². The normalized spacial score (nSPS) is 17.2. The van der Waals surface area contributed by atoms with Crippen LogP contribution in [0.1, 0.15) is 31.4 Å². The van der Waals surface area contributed by atoms with E-state index in [9.17, 15) is 4.39 Å². The Morgan fingerprint density at radius 2 is 2.25 bits per heavy atom. The maximum absolute atomic E-state index is 13.5. The van der Waals surface area contributed by atoms with E-state index < -0.39 is 0 Å². The molecule has 2 nitrogen and oxygen atoms in total. The number of hydrogen-bond acceptors (Lipinski definition) is 2. The van der Waals surface area contributed by atoms with Gasteiger partial charge in [-0.15, -0.1) is 0 Å². The zero-order chi connectivity index (χ0) is 11.5. The highest BCUT2D eigenvalue weighted by Gasteiger charge is 2.22. The van der Waals surface area contributed by atoms with Crippen molar-refractivity contribution >= 4 is 0 Å². The molecule has 1 aromatic carbocycles. The van der Waals surface area contributed by atoms with Gasteiger partial charge in [0.2, 0.25) is 0 Å². The second-order valence-electron chi connectivity index (χ2n) is 4.45. The van der Waals surface area contributed by atoms with Gasteiger partial charge in [-0.3, -0.25) is 0 Å². The number of benzene rings is 1. The van der Waals surface area contributed by atoms with Crippen LogP contribution in [0, 0.1) is 11.7 Å². The van der Waals surface area contributed by atoms with E-state index in [-0.39, 0.29) is 11.9 Å². The summed E-state index contributed by atoms with van der Waals surface area (Å²) < 4.78 is 19.0. The second-order valence-corrected chi connectivity index (χ2v) is 4.45. The minimum Gasteiger partial charge on any atom is -0.490 e. The van der Waals surface area contributed by atoms with Gasteiger partial charge in [-0.25, -0.2) is 4.39 Å². The molecule has 0 unspecified atom stereocenters. The van der Waals surface area contributed by atoms with Crippen LogP contribution in [0.25, 0.3) is 0 Å². The van der Waals surface area contributed by atoms with Crippen molar-refractivity contribution in [3.8, 4) is 5.75 Å². The molecule has 1 aliphatic carbocycles. The molecule has 1 saturated carbocycles. The second kappa shape index (κ2) is 4.83. The monoisotopic (exact) mass is 223 g/mol. The smallest absolute Gasteiger partial charge is 0.165 e. The number of halogens is 1. The molecule has 88 valence electrons. The largest absolute Gasteiger partial charge is 0.490 e. The van der Waals surface area contributed by atoms with Crippen LogP contribution < -0.4 is 10.1 Å². The fourth-order valence-electron chi connectivity index (χ4n) is 1.56. The third-order valence-electron chi connectivity index (χ3n) is 3.06. The Hall–Kier alpha value is -1.09. The van der Waals surface area contributed by atoms with E-state index in [2.05, 4.69) is 5.32 Å². The summed E-state index contributed by atoms with van der Waals surface area (Å²) in [5.41, 5.74) is 1.05. The van der Waals surface area contributed by atoms with Gasteiger partial charge in [0.05, 0.1) is 6.61 Å². The summed E-state index contributed by atoms with van der Waals surface area (Å²) in [4.78, 5) is 0. The van der Waals surface area contributed by atoms with Crippen molar-refractivity contribution in [3.05, 3.63) is 29.6 Å². The molecule has 1 aromatic rings. The number of ether oxygens (including phenoxy) is 1. The van der Waals surface area contributed by atoms with E-state index in [1.807, 2.05) is 14.0 Å². The molecule has 1 aliphatic rings. The molecule has 1 fully saturated rings. The molecule has 16 heavy (non-hydrogen) atoms. The zero-order valence-corrected chi connectivity index (χ0v) is 9.79. The lowest BCUT2D eigenvalue weighted by Gasteiger charge is -2.13. The van der Waals surface area contributed by atoms with Crippen LogP contribution in [0.4, 0.5) is 4.39 Å². The first kappa shape index (κ1) is 11.4. The highest BCUT2D eigenvalue weighted by Crippen LogP contribution is 2.30. The molecule has 2 rings (SSSR count). The molecule has 0 heterocycles. The van der Waals surface area contributed by atoms with Crippen molar-refractivity contribution in [3.63, 3.8) is 0 Å². The molecule has 0 saturated heterocycles. The van der Waals surface area contributed by atoms with Crippen LogP contribution in [0.5, 0.6) is 5.75 Å². The highest BCUT2D eigenvalue weighted by atomic mass is 19.1. The van der Waals surface area contributed by atoms with Crippen molar-refractivity contribution in [1.82, 2.24) is 5.32 Å². The molecule has 0 bridgehead atoms. The Morgan fingerprint density at radius 3 is 2.88 bits per heavy atom. The number of rotatable bonds is 5. The van der Waals surface area contributed by atoms with E-state index in [0.29, 0.717) is 18.3 Å². The molecule has 0 spiro atoms. The summed E-state index contributed by atoms with van der Waals surface area (Å²) in [5, 5.41) is 3.13. The maximum atomic E-state index is 13.5. The lowest BCUT2D eigenvalue weighted by atomic mass is 10.1. The molecule has 0 amide bonds. The third-order valence-corrected chi connectivity index (χ3v) is 3.06. The van der Waals surface area contributed by atoms with Crippen LogP contribution in [-0.4, -0.2) is 13.7 Å². The molecule has 0 radical (unpaired) electrons. The average Bonchev–Trinajstić information content (AvgIpc) is 3.11. The minimum absolute atomic E-state index is 0.212. The van der Waals surface area contributed by atoms with E-state index in [4.69, 9.17) is 4.74 Å². The quantitative estimate of drug-likeness (QED) is 0.828. The minimum atomic E-state index is -0.271. The molecule has 1 N–H and O–H groups in total. The summed E-state index contributed by atoms with van der Waals surface area (Å²) in [6.07, 6.45) is 2.43. The molecular weight excluding hydrogens is 205 g/mol. The van der Waals surface area contributed by atoms with Crippen molar-refractivity contribution in [1.29, 1.82) is 0 Å². The van der Waals surface area contributed by atoms with Crippen molar-refractivity contribution in [2.45, 2.75) is 25.8 Å². The first-order valence-electron chi connectivity index (χ1n) is 5.80. The standard InChI is InChI=1S/C13H18FNO/c1-9(15-2)11-5-6-12(14)13(7-11)16-8-10-3-4-10/h5-7,9-10,15H,3-4,8H2,1-2H3/t9-/m1/s1. The fourth-order valence-corrected chi connectivity index (χ4v) is 1.56. The van der Waals surface area contributed by atoms with Gasteiger partial charge in [0.15, 0.2) is 11.6 Å². The maximum Gasteiger partial charge on any atom is 0.165 e. The Labute approximate surface area is 95.8 Å². The Balaban J connectivity index is 2.07. The van der Waals surface area contributed by atoms with Gasteiger partial charge in [-0.1, -0.05) is 6.07 Å². The first-order valence-corrected chi connectivity index (χ1v) is 5.80. The van der Waals surface area contributed by atoms with E-state index in [1.165, 1.54) is 18.9 Å². The topological polar surface area (TPSA) is 21.3 Å². The van der Waals surface area contributed by atoms with Crippen LogP contribution in [0.2, 0.25) is 0 Å². The summed E-state index contributed by atoms with van der Waals surface area (Å²) in [5.74, 6) is 0.754. The van der Waals surface area contributed by atoms with Gasteiger partial charge in [0.1, 0.15) is 0 Å². The lowest BCUT2D eigenvalue weighted by Crippen LogP contribution is -2.12. The summed E-state index contributed by atoms with van der Waals surface area (Å²) in [6.45, 7) is 2.69. The third kappa shape index (κ3) is 2.73. The summed E-state index contributed by atoms with van der Waals surface area (Å²) in [7, 11) is 1.89.